The minimum Gasteiger partial charge on any atom is -0.394 e. The Morgan fingerprint density at radius 2 is 1.24 bits per heavy atom. The van der Waals surface area contributed by atoms with Gasteiger partial charge in [0.2, 0.25) is 5.91 Å². The van der Waals surface area contributed by atoms with Crippen LogP contribution in [0.25, 0.3) is 0 Å². The molecule has 8 unspecified atom stereocenters. The lowest BCUT2D eigenvalue weighted by molar-refractivity contribution is -0.298. The zero-order valence-corrected chi connectivity index (χ0v) is 33.7. The number of hydrogen-bond acceptors (Lipinski definition) is 11. The molecule has 1 amide bonds. The summed E-state index contributed by atoms with van der Waals surface area (Å²) in [7, 11) is -5.12. The molecule has 0 aliphatic carbocycles. The number of nitrogens with one attached hydrogen (secondary N) is 1. The zero-order valence-electron chi connectivity index (χ0n) is 32.9. The summed E-state index contributed by atoms with van der Waals surface area (Å²) in [5, 5.41) is 54.9. The van der Waals surface area contributed by atoms with Gasteiger partial charge in [0.25, 0.3) is 0 Å². The Bertz CT molecular complexity index is 1130. The van der Waals surface area contributed by atoms with Crippen LogP contribution < -0.4 is 5.32 Å². The van der Waals surface area contributed by atoms with Gasteiger partial charge in [-0.2, -0.15) is 8.42 Å². The number of ether oxygens (including phenoxy) is 2. The van der Waals surface area contributed by atoms with E-state index in [1.54, 1.807) is 6.08 Å². The number of aliphatic hydroxyl groups excluding tert-OH is 5. The van der Waals surface area contributed by atoms with Crippen molar-refractivity contribution in [3.8, 4) is 0 Å². The minimum absolute atomic E-state index is 0.235. The Kier molecular flexibility index (Phi) is 29.2. The van der Waals surface area contributed by atoms with Gasteiger partial charge in [0, 0.05) is 0 Å². The monoisotopic (exact) mass is 791 g/mol. The van der Waals surface area contributed by atoms with Crippen molar-refractivity contribution in [3.63, 3.8) is 0 Å². The normalized spacial score (nSPS) is 22.7. The quantitative estimate of drug-likeness (QED) is 0.0241. The van der Waals surface area contributed by atoms with E-state index in [4.69, 9.17) is 14.0 Å². The molecule has 0 aromatic heterocycles. The summed E-state index contributed by atoms with van der Waals surface area (Å²) in [4.78, 5) is 13.0. The predicted octanol–water partition coefficient (Wildman–Crippen LogP) is 5.74. The number of amides is 1. The van der Waals surface area contributed by atoms with Crippen molar-refractivity contribution in [3.05, 3.63) is 36.5 Å². The van der Waals surface area contributed by atoms with Crippen LogP contribution in [0.15, 0.2) is 36.5 Å². The highest BCUT2D eigenvalue weighted by molar-refractivity contribution is 7.80. The molecule has 0 radical (unpaired) electrons. The Hall–Kier alpha value is -1.72. The van der Waals surface area contributed by atoms with E-state index >= 15 is 0 Å². The second-order valence-corrected chi connectivity index (χ2v) is 15.4. The van der Waals surface area contributed by atoms with Gasteiger partial charge in [0.05, 0.1) is 25.4 Å². The van der Waals surface area contributed by atoms with Crippen LogP contribution in [0.2, 0.25) is 0 Å². The van der Waals surface area contributed by atoms with Crippen molar-refractivity contribution in [1.29, 1.82) is 0 Å². The van der Waals surface area contributed by atoms with Crippen LogP contribution in [0.1, 0.15) is 149 Å². The lowest BCUT2D eigenvalue weighted by atomic mass is 9.99. The first-order valence-electron chi connectivity index (χ1n) is 20.5. The Morgan fingerprint density at radius 3 is 1.78 bits per heavy atom. The largest absolute Gasteiger partial charge is 0.397 e. The second-order valence-electron chi connectivity index (χ2n) is 14.3. The molecule has 1 aliphatic heterocycles. The molecular weight excluding hydrogens is 719 g/mol. The SMILES string of the molecule is CCCCCC/C=C/CC/C=C/CC/C=C/C(O)C(COC1OC(CO)C(O)C(OS(=O)(=O)O)C1O)NC(=O)C(O)CCCCCCCCCCCCC. The molecular formula is C40H73NO12S. The number of allylic oxidation sites excluding steroid dienone is 5. The first kappa shape index (κ1) is 50.3. The van der Waals surface area contributed by atoms with Crippen LogP contribution >= 0.6 is 0 Å². The molecule has 1 fully saturated rings. The Morgan fingerprint density at radius 1 is 0.741 bits per heavy atom. The molecule has 1 heterocycles. The van der Waals surface area contributed by atoms with Crippen LogP contribution in [0, 0.1) is 0 Å². The third-order valence-corrected chi connectivity index (χ3v) is 9.97. The van der Waals surface area contributed by atoms with E-state index in [2.05, 4.69) is 47.7 Å². The summed E-state index contributed by atoms with van der Waals surface area (Å²) in [5.41, 5.74) is 0. The first-order valence-corrected chi connectivity index (χ1v) is 21.8. The zero-order chi connectivity index (χ0) is 40.0. The van der Waals surface area contributed by atoms with Crippen LogP contribution in [0.3, 0.4) is 0 Å². The molecule has 1 aliphatic rings. The molecule has 7 N–H and O–H groups in total. The average molecular weight is 792 g/mol. The van der Waals surface area contributed by atoms with Crippen molar-refractivity contribution in [2.24, 2.45) is 0 Å². The number of carbonyl (C=O) groups excluding carboxylic acids is 1. The van der Waals surface area contributed by atoms with Crippen LogP contribution in [-0.4, -0.2) is 107 Å². The fraction of sp³-hybridized carbons (Fsp3) is 0.825. The van der Waals surface area contributed by atoms with E-state index < -0.39 is 78.5 Å². The maximum absolute atomic E-state index is 13.0. The first-order chi connectivity index (χ1) is 25.9. The number of aliphatic hydroxyl groups is 5. The van der Waals surface area contributed by atoms with Crippen LogP contribution in [0.4, 0.5) is 0 Å². The fourth-order valence-electron chi connectivity index (χ4n) is 6.20. The average Bonchev–Trinajstić information content (AvgIpc) is 3.14. The highest BCUT2D eigenvalue weighted by Gasteiger charge is 2.48. The molecule has 14 heteroatoms. The number of rotatable bonds is 33. The number of hydrogen-bond donors (Lipinski definition) is 7. The van der Waals surface area contributed by atoms with E-state index in [0.717, 1.165) is 44.9 Å². The van der Waals surface area contributed by atoms with Crippen LogP contribution in [-0.2, 0) is 28.9 Å². The van der Waals surface area contributed by atoms with Gasteiger partial charge < -0.3 is 40.3 Å². The maximum Gasteiger partial charge on any atom is 0.397 e. The van der Waals surface area contributed by atoms with E-state index in [1.807, 2.05) is 0 Å². The highest BCUT2D eigenvalue weighted by atomic mass is 32.3. The third kappa shape index (κ3) is 24.0. The van der Waals surface area contributed by atoms with Gasteiger partial charge in [-0.15, -0.1) is 0 Å². The second kappa shape index (κ2) is 31.4. The number of carbonyl (C=O) groups is 1. The molecule has 1 saturated heterocycles. The van der Waals surface area contributed by atoms with Crippen molar-refractivity contribution >= 4 is 16.3 Å². The Balaban J connectivity index is 2.73. The van der Waals surface area contributed by atoms with Crippen LogP contribution in [0.5, 0.6) is 0 Å². The van der Waals surface area contributed by atoms with E-state index in [1.165, 1.54) is 76.7 Å². The lowest BCUT2D eigenvalue weighted by Crippen LogP contribution is -2.61. The van der Waals surface area contributed by atoms with Gasteiger partial charge in [-0.25, -0.2) is 4.18 Å². The van der Waals surface area contributed by atoms with E-state index in [9.17, 15) is 38.7 Å². The molecule has 0 aromatic rings. The molecule has 54 heavy (non-hydrogen) atoms. The molecule has 0 bridgehead atoms. The highest BCUT2D eigenvalue weighted by Crippen LogP contribution is 2.26. The summed E-state index contributed by atoms with van der Waals surface area (Å²) in [6, 6.07) is -1.14. The van der Waals surface area contributed by atoms with Gasteiger partial charge in [-0.1, -0.05) is 140 Å². The van der Waals surface area contributed by atoms with Gasteiger partial charge in [-0.05, 0) is 44.9 Å². The third-order valence-electron chi connectivity index (χ3n) is 9.51. The fourth-order valence-corrected chi connectivity index (χ4v) is 6.70. The van der Waals surface area contributed by atoms with Gasteiger partial charge >= 0.3 is 10.4 Å². The van der Waals surface area contributed by atoms with Gasteiger partial charge in [0.15, 0.2) is 6.29 Å². The predicted molar refractivity (Wildman–Crippen MR) is 210 cm³/mol. The topological polar surface area (TPSA) is 212 Å². The molecule has 316 valence electrons. The lowest BCUT2D eigenvalue weighted by Gasteiger charge is -2.41. The summed E-state index contributed by atoms with van der Waals surface area (Å²) in [6.45, 7) is 3.12. The molecule has 0 spiro atoms. The van der Waals surface area contributed by atoms with E-state index in [-0.39, 0.29) is 6.42 Å². The summed E-state index contributed by atoms with van der Waals surface area (Å²) >= 11 is 0. The van der Waals surface area contributed by atoms with E-state index in [0.29, 0.717) is 12.8 Å². The standard InChI is InChI=1S/C40H73NO12S/c1-3-5-7-9-11-13-15-16-17-19-20-22-24-26-28-33(43)32(31-51-40-37(46)38(53-54(48,49)50)36(45)35(30-42)52-40)41-39(47)34(44)29-27-25-23-21-18-14-12-10-8-6-4-2/h13,15,19-20,26,28,32-38,40,42-46H,3-12,14,16-18,21-25,27,29-31H2,1-2H3,(H,41,47)(H,48,49,50)/b15-13+,20-19+,28-26+. The molecule has 1 rings (SSSR count). The molecule has 0 saturated carbocycles. The number of unbranched alkanes of at least 4 members (excludes halogenated alkanes) is 16. The van der Waals surface area contributed by atoms with Crippen molar-refractivity contribution in [2.45, 2.75) is 198 Å². The Labute approximate surface area is 325 Å². The minimum atomic E-state index is -5.12. The molecule has 0 aromatic carbocycles. The van der Waals surface area contributed by atoms with Gasteiger partial charge in [0.1, 0.15) is 30.5 Å². The van der Waals surface area contributed by atoms with Crippen molar-refractivity contribution in [1.82, 2.24) is 5.32 Å². The maximum atomic E-state index is 13.0. The van der Waals surface area contributed by atoms with Crippen molar-refractivity contribution < 1.29 is 57.0 Å². The summed E-state index contributed by atoms with van der Waals surface area (Å²) in [6.07, 6.45) is 22.4. The van der Waals surface area contributed by atoms with Crippen molar-refractivity contribution in [2.75, 3.05) is 13.2 Å². The smallest absolute Gasteiger partial charge is 0.394 e. The summed E-state index contributed by atoms with van der Waals surface area (Å²) < 4.78 is 47.3. The van der Waals surface area contributed by atoms with Gasteiger partial charge in [-0.3, -0.25) is 9.35 Å². The molecule has 8 atom stereocenters. The summed E-state index contributed by atoms with van der Waals surface area (Å²) in [5.74, 6) is -0.720. The molecule has 13 nitrogen and oxygen atoms in total.